The molecule has 1 aliphatic heterocycles. The smallest absolute Gasteiger partial charge is 0.321 e. The van der Waals surface area contributed by atoms with E-state index < -0.39 is 27.9 Å². The number of nitrogens with one attached hydrogen (secondary N) is 3. The second kappa shape index (κ2) is 13.4. The molecule has 5 rings (SSSR count). The second-order valence-electron chi connectivity index (χ2n) is 11.0. The highest BCUT2D eigenvalue weighted by molar-refractivity contribution is 7.89. The monoisotopic (exact) mass is 623 g/mol. The van der Waals surface area contributed by atoms with Gasteiger partial charge >= 0.3 is 6.03 Å². The zero-order chi connectivity index (χ0) is 30.6. The van der Waals surface area contributed by atoms with Crippen LogP contribution in [0.5, 0.6) is 0 Å². The Kier molecular flexibility index (Phi) is 9.60. The highest BCUT2D eigenvalue weighted by Gasteiger charge is 2.31. The first-order valence-corrected chi connectivity index (χ1v) is 16.8. The number of thiophene rings is 1. The Morgan fingerprint density at radius 1 is 0.977 bits per heavy atom. The number of nitrogens with zero attached hydrogens (tertiary/aromatic N) is 2. The fourth-order valence-electron chi connectivity index (χ4n) is 5.75. The van der Waals surface area contributed by atoms with Crippen LogP contribution in [0.25, 0.3) is 0 Å². The van der Waals surface area contributed by atoms with Crippen molar-refractivity contribution in [3.05, 3.63) is 81.7 Å². The van der Waals surface area contributed by atoms with E-state index in [0.29, 0.717) is 18.0 Å². The van der Waals surface area contributed by atoms with Gasteiger partial charge in [0.1, 0.15) is 5.00 Å². The zero-order valence-corrected chi connectivity index (χ0v) is 26.0. The van der Waals surface area contributed by atoms with Gasteiger partial charge in [0, 0.05) is 50.2 Å². The molecule has 2 heterocycles. The third-order valence-electron chi connectivity index (χ3n) is 8.18. The fourth-order valence-corrected chi connectivity index (χ4v) is 8.45. The van der Waals surface area contributed by atoms with Crippen molar-refractivity contribution in [2.24, 2.45) is 0 Å². The third-order valence-corrected chi connectivity index (χ3v) is 11.2. The first kappa shape index (κ1) is 30.9. The molecule has 3 aromatic rings. The lowest BCUT2D eigenvalue weighted by molar-refractivity contribution is 0.0964. The molecule has 43 heavy (non-hydrogen) atoms. The van der Waals surface area contributed by atoms with Gasteiger partial charge in [-0.2, -0.15) is 4.31 Å². The molecule has 2 aromatic carbocycles. The number of rotatable bonds is 8. The third kappa shape index (κ3) is 6.98. The number of sulfonamides is 1. The van der Waals surface area contributed by atoms with E-state index in [1.807, 2.05) is 18.2 Å². The number of carbonyl (C=O) groups is 3. The average molecular weight is 624 g/mol. The van der Waals surface area contributed by atoms with E-state index in [-0.39, 0.29) is 22.1 Å². The van der Waals surface area contributed by atoms with Crippen LogP contribution in [0, 0.1) is 0 Å². The normalized spacial score (nSPS) is 16.0. The predicted octanol–water partition coefficient (Wildman–Crippen LogP) is 4.58. The van der Waals surface area contributed by atoms with E-state index >= 15 is 0 Å². The number of amides is 4. The first-order valence-electron chi connectivity index (χ1n) is 14.5. The van der Waals surface area contributed by atoms with Gasteiger partial charge in [-0.3, -0.25) is 19.8 Å². The number of imide groups is 1. The van der Waals surface area contributed by atoms with Gasteiger partial charge in [-0.25, -0.2) is 13.2 Å². The average Bonchev–Trinajstić information content (AvgIpc) is 3.38. The molecule has 10 nitrogen and oxygen atoms in total. The highest BCUT2D eigenvalue weighted by atomic mass is 32.2. The summed E-state index contributed by atoms with van der Waals surface area (Å²) in [5.41, 5.74) is 2.54. The molecule has 228 valence electrons. The molecule has 1 fully saturated rings. The molecule has 0 spiro atoms. The minimum Gasteiger partial charge on any atom is -0.341 e. The van der Waals surface area contributed by atoms with Crippen molar-refractivity contribution in [1.82, 2.24) is 19.8 Å². The summed E-state index contributed by atoms with van der Waals surface area (Å²) in [6, 6.07) is 15.3. The summed E-state index contributed by atoms with van der Waals surface area (Å²) in [6.07, 6.45) is 5.45. The Labute approximate surface area is 256 Å². The molecule has 4 amide bonds. The lowest BCUT2D eigenvalue weighted by atomic mass is 9.96. The van der Waals surface area contributed by atoms with Crippen LogP contribution in [0.15, 0.2) is 59.5 Å². The maximum absolute atomic E-state index is 13.3. The molecule has 0 radical (unpaired) electrons. The number of benzene rings is 2. The van der Waals surface area contributed by atoms with Gasteiger partial charge in [-0.15, -0.1) is 11.3 Å². The van der Waals surface area contributed by atoms with Crippen molar-refractivity contribution in [2.45, 2.75) is 62.6 Å². The van der Waals surface area contributed by atoms with Crippen molar-refractivity contribution < 1.29 is 22.8 Å². The Hall–Kier alpha value is -3.58. The quantitative estimate of drug-likeness (QED) is 0.337. The number of urea groups is 1. The maximum Gasteiger partial charge on any atom is 0.321 e. The molecule has 0 atom stereocenters. The molecule has 1 aromatic heterocycles. The molecular formula is C31H37N5O5S2. The van der Waals surface area contributed by atoms with Crippen LogP contribution < -0.4 is 16.0 Å². The lowest BCUT2D eigenvalue weighted by Gasteiger charge is -2.30. The summed E-state index contributed by atoms with van der Waals surface area (Å²) in [7, 11) is -0.649. The van der Waals surface area contributed by atoms with Crippen molar-refractivity contribution in [1.29, 1.82) is 0 Å². The summed E-state index contributed by atoms with van der Waals surface area (Å²) in [5, 5.41) is 7.93. The van der Waals surface area contributed by atoms with Crippen molar-refractivity contribution in [3.63, 3.8) is 0 Å². The van der Waals surface area contributed by atoms with E-state index in [1.54, 1.807) is 7.05 Å². The minimum atomic E-state index is -3.69. The van der Waals surface area contributed by atoms with Crippen LogP contribution >= 0.6 is 11.3 Å². The minimum absolute atomic E-state index is 0.0189. The number of hydrogen-bond acceptors (Lipinski definition) is 7. The van der Waals surface area contributed by atoms with Gasteiger partial charge in [-0.05, 0) is 54.7 Å². The van der Waals surface area contributed by atoms with Crippen LogP contribution in [-0.4, -0.2) is 62.2 Å². The van der Waals surface area contributed by atoms with Gasteiger partial charge < -0.3 is 10.6 Å². The molecule has 1 aliphatic carbocycles. The Morgan fingerprint density at radius 3 is 2.35 bits per heavy atom. The van der Waals surface area contributed by atoms with Gasteiger partial charge in [0.2, 0.25) is 10.0 Å². The largest absolute Gasteiger partial charge is 0.341 e. The summed E-state index contributed by atoms with van der Waals surface area (Å²) in [6.45, 7) is 2.08. The summed E-state index contributed by atoms with van der Waals surface area (Å²) >= 11 is 1.32. The fraction of sp³-hybridized carbons (Fsp3) is 0.387. The highest BCUT2D eigenvalue weighted by Crippen LogP contribution is 2.38. The number of hydrogen-bond donors (Lipinski definition) is 3. The van der Waals surface area contributed by atoms with Gasteiger partial charge in [0.25, 0.3) is 11.8 Å². The molecular weight excluding hydrogens is 587 g/mol. The topological polar surface area (TPSA) is 128 Å². The van der Waals surface area contributed by atoms with Crippen molar-refractivity contribution >= 4 is 44.2 Å². The van der Waals surface area contributed by atoms with Crippen molar-refractivity contribution in [2.75, 3.05) is 26.0 Å². The summed E-state index contributed by atoms with van der Waals surface area (Å²) in [4.78, 5) is 41.9. The zero-order valence-electron chi connectivity index (χ0n) is 24.4. The number of fused-ring (bicyclic) bond motifs is 1. The van der Waals surface area contributed by atoms with Crippen LogP contribution in [0.2, 0.25) is 0 Å². The molecule has 12 heteroatoms. The standard InChI is InChI=1S/C31H37N5O5S2/c1-32-31(39)34-29(38)27-25-17-18-36(19-21-9-5-3-6-10-21)20-26(25)42-30(27)33-28(37)22-13-15-24(16-14-22)43(40,41)35(2)23-11-7-4-8-12-23/h3,5-6,9-10,13-16,23H,4,7-8,11-12,17-20H2,1-2H3,(H,33,37)(H2,32,34,38,39). The molecule has 0 unspecified atom stereocenters. The van der Waals surface area contributed by atoms with Crippen LogP contribution in [0.4, 0.5) is 9.80 Å². The molecule has 0 bridgehead atoms. The lowest BCUT2D eigenvalue weighted by Crippen LogP contribution is -2.38. The second-order valence-corrected chi connectivity index (χ2v) is 14.1. The van der Waals surface area contributed by atoms with Gasteiger partial charge in [0.15, 0.2) is 0 Å². The molecule has 0 saturated heterocycles. The van der Waals surface area contributed by atoms with Crippen molar-refractivity contribution in [3.8, 4) is 0 Å². The summed E-state index contributed by atoms with van der Waals surface area (Å²) < 4.78 is 27.9. The van der Waals surface area contributed by atoms with E-state index in [0.717, 1.165) is 55.6 Å². The van der Waals surface area contributed by atoms with Crippen LogP contribution in [-0.2, 0) is 29.5 Å². The molecule has 3 N–H and O–H groups in total. The maximum atomic E-state index is 13.3. The van der Waals surface area contributed by atoms with Gasteiger partial charge in [0.05, 0.1) is 10.5 Å². The Morgan fingerprint density at radius 2 is 1.67 bits per heavy atom. The number of carbonyl (C=O) groups excluding carboxylic acids is 3. The van der Waals surface area contributed by atoms with Crippen LogP contribution in [0.1, 0.15) is 68.8 Å². The Balaban J connectivity index is 1.35. The predicted molar refractivity (Wildman–Crippen MR) is 167 cm³/mol. The van der Waals surface area contributed by atoms with E-state index in [9.17, 15) is 22.8 Å². The molecule has 2 aliphatic rings. The molecule has 1 saturated carbocycles. The SMILES string of the molecule is CNC(=O)NC(=O)c1c(NC(=O)c2ccc(S(=O)(=O)N(C)C3CCCCC3)cc2)sc2c1CCN(Cc1ccccc1)C2. The number of anilines is 1. The first-order chi connectivity index (χ1) is 20.7. The summed E-state index contributed by atoms with van der Waals surface area (Å²) in [5.74, 6) is -1.06. The van der Waals surface area contributed by atoms with E-state index in [1.165, 1.54) is 52.5 Å². The van der Waals surface area contributed by atoms with Gasteiger partial charge in [-0.1, -0.05) is 49.6 Å². The van der Waals surface area contributed by atoms with E-state index in [2.05, 4.69) is 33.0 Å². The van der Waals surface area contributed by atoms with E-state index in [4.69, 9.17) is 0 Å². The Bertz CT molecular complexity index is 1580. The van der Waals surface area contributed by atoms with Crippen LogP contribution in [0.3, 0.4) is 0 Å².